The normalized spacial score (nSPS) is 10.4. The van der Waals surface area contributed by atoms with Gasteiger partial charge in [-0.25, -0.2) is 0 Å². The molecule has 0 unspecified atom stereocenters. The molecule has 0 radical (unpaired) electrons. The second-order valence-electron chi connectivity index (χ2n) is 5.48. The Morgan fingerprint density at radius 2 is 1.32 bits per heavy atom. The molecule has 0 aromatic carbocycles. The number of ether oxygens (including phenoxy) is 1. The van der Waals surface area contributed by atoms with Crippen LogP contribution in [0.3, 0.4) is 0 Å². The molecule has 128 valence electrons. The summed E-state index contributed by atoms with van der Waals surface area (Å²) in [5, 5.41) is 8.49. The maximum Gasteiger partial charge on any atom is 0.306 e. The highest BCUT2D eigenvalue weighted by molar-refractivity contribution is 5.83. The van der Waals surface area contributed by atoms with Crippen molar-refractivity contribution < 1.29 is 30.0 Å². The fraction of sp³-hybridized carbons (Fsp3) is 0.812. The lowest BCUT2D eigenvalue weighted by Gasteiger charge is -2.04. The van der Waals surface area contributed by atoms with E-state index in [0.29, 0.717) is 6.61 Å². The van der Waals surface area contributed by atoms with Gasteiger partial charge < -0.3 is 15.6 Å². The molecular formula is C16H30NO5+. The molecule has 0 aliphatic heterocycles. The SMILES string of the molecule is [NH3+]CC(=O)CCC(=O)OCCCCCCCCCCC(=O)O. The molecule has 0 spiro atoms. The maximum absolute atomic E-state index is 11.3. The van der Waals surface area contributed by atoms with Crippen molar-refractivity contribution in [1.82, 2.24) is 0 Å². The number of hydrogen-bond donors (Lipinski definition) is 2. The summed E-state index contributed by atoms with van der Waals surface area (Å²) in [6, 6.07) is 0. The largest absolute Gasteiger partial charge is 0.481 e. The lowest BCUT2D eigenvalue weighted by atomic mass is 10.1. The van der Waals surface area contributed by atoms with Crippen LogP contribution in [0.25, 0.3) is 0 Å². The van der Waals surface area contributed by atoms with Crippen LogP contribution in [0.1, 0.15) is 70.6 Å². The fourth-order valence-electron chi connectivity index (χ4n) is 2.06. The Labute approximate surface area is 132 Å². The van der Waals surface area contributed by atoms with Crippen LogP contribution in [0, 0.1) is 0 Å². The molecule has 0 bridgehead atoms. The van der Waals surface area contributed by atoms with Crippen molar-refractivity contribution in [3.8, 4) is 0 Å². The molecule has 0 aliphatic rings. The summed E-state index contributed by atoms with van der Waals surface area (Å²) >= 11 is 0. The Hall–Kier alpha value is -1.43. The van der Waals surface area contributed by atoms with Crippen molar-refractivity contribution >= 4 is 17.7 Å². The molecule has 0 aromatic rings. The number of Topliss-reactive ketones (excluding diaryl/α,β-unsaturated/α-hetero) is 1. The number of quaternary nitrogens is 1. The minimum Gasteiger partial charge on any atom is -0.481 e. The molecule has 22 heavy (non-hydrogen) atoms. The highest BCUT2D eigenvalue weighted by Crippen LogP contribution is 2.10. The average Bonchev–Trinajstić information content (AvgIpc) is 2.49. The zero-order valence-electron chi connectivity index (χ0n) is 13.5. The van der Waals surface area contributed by atoms with E-state index in [1.807, 2.05) is 0 Å². The van der Waals surface area contributed by atoms with E-state index >= 15 is 0 Å². The van der Waals surface area contributed by atoms with Crippen molar-refractivity contribution in [1.29, 1.82) is 0 Å². The summed E-state index contributed by atoms with van der Waals surface area (Å²) < 4.78 is 5.05. The number of unbranched alkanes of at least 4 members (excludes halogenated alkanes) is 7. The summed E-state index contributed by atoms with van der Waals surface area (Å²) in [5.41, 5.74) is 3.47. The van der Waals surface area contributed by atoms with E-state index < -0.39 is 5.97 Å². The molecule has 6 nitrogen and oxygen atoms in total. The third-order valence-corrected chi connectivity index (χ3v) is 3.43. The first-order valence-corrected chi connectivity index (χ1v) is 8.24. The Bertz CT molecular complexity index is 330. The van der Waals surface area contributed by atoms with Gasteiger partial charge in [0.1, 0.15) is 6.54 Å². The van der Waals surface area contributed by atoms with E-state index in [1.165, 1.54) is 0 Å². The van der Waals surface area contributed by atoms with Gasteiger partial charge in [0.15, 0.2) is 5.78 Å². The number of hydrogen-bond acceptors (Lipinski definition) is 4. The third-order valence-electron chi connectivity index (χ3n) is 3.43. The number of carbonyl (C=O) groups is 3. The Morgan fingerprint density at radius 1 is 0.773 bits per heavy atom. The quantitative estimate of drug-likeness (QED) is 0.353. The molecular weight excluding hydrogens is 286 g/mol. The topological polar surface area (TPSA) is 108 Å². The predicted molar refractivity (Wildman–Crippen MR) is 82.1 cm³/mol. The number of carbonyl (C=O) groups excluding carboxylic acids is 2. The standard InChI is InChI=1S/C16H29NO5/c17-13-14(18)10-11-16(21)22-12-8-6-4-2-1-3-5-7-9-15(19)20/h1-13,17H2,(H,19,20)/p+1. The average molecular weight is 316 g/mol. The van der Waals surface area contributed by atoms with Crippen molar-refractivity contribution in [3.63, 3.8) is 0 Å². The van der Waals surface area contributed by atoms with Crippen LogP contribution in [0.15, 0.2) is 0 Å². The third kappa shape index (κ3) is 15.0. The molecule has 0 amide bonds. The fourth-order valence-corrected chi connectivity index (χ4v) is 2.06. The van der Waals surface area contributed by atoms with Crippen LogP contribution in [0.5, 0.6) is 0 Å². The Balaban J connectivity index is 3.21. The van der Waals surface area contributed by atoms with Crippen LogP contribution in [0.4, 0.5) is 0 Å². The van der Waals surface area contributed by atoms with E-state index in [-0.39, 0.29) is 37.6 Å². The lowest BCUT2D eigenvalue weighted by Crippen LogP contribution is -2.54. The molecule has 0 aliphatic carbocycles. The smallest absolute Gasteiger partial charge is 0.306 e. The minimum absolute atomic E-state index is 0.0136. The first kappa shape index (κ1) is 20.6. The maximum atomic E-state index is 11.3. The molecule has 0 saturated carbocycles. The minimum atomic E-state index is -0.717. The van der Waals surface area contributed by atoms with E-state index in [0.717, 1.165) is 51.4 Å². The van der Waals surface area contributed by atoms with E-state index in [2.05, 4.69) is 5.73 Å². The number of carboxylic acid groups (broad SMARTS) is 1. The van der Waals surface area contributed by atoms with Gasteiger partial charge in [-0.05, 0) is 12.8 Å². The summed E-state index contributed by atoms with van der Waals surface area (Å²) in [5.74, 6) is -1.04. The first-order chi connectivity index (χ1) is 10.6. The van der Waals surface area contributed by atoms with Crippen LogP contribution < -0.4 is 5.73 Å². The molecule has 0 rings (SSSR count). The van der Waals surface area contributed by atoms with E-state index in [4.69, 9.17) is 9.84 Å². The van der Waals surface area contributed by atoms with E-state index in [9.17, 15) is 14.4 Å². The van der Waals surface area contributed by atoms with E-state index in [1.54, 1.807) is 0 Å². The van der Waals surface area contributed by atoms with Crippen molar-refractivity contribution in [2.75, 3.05) is 13.2 Å². The molecule has 0 fully saturated rings. The van der Waals surface area contributed by atoms with Gasteiger partial charge in [0.05, 0.1) is 13.0 Å². The van der Waals surface area contributed by atoms with Crippen molar-refractivity contribution in [3.05, 3.63) is 0 Å². The second kappa shape index (κ2) is 14.5. The Kier molecular flexibility index (Phi) is 13.6. The first-order valence-electron chi connectivity index (χ1n) is 8.24. The molecule has 0 atom stereocenters. The summed E-state index contributed by atoms with van der Waals surface area (Å²) in [6.45, 7) is 0.652. The summed E-state index contributed by atoms with van der Waals surface area (Å²) in [4.78, 5) is 32.6. The van der Waals surface area contributed by atoms with Gasteiger partial charge in [0.2, 0.25) is 0 Å². The number of rotatable bonds is 15. The molecule has 0 heterocycles. The van der Waals surface area contributed by atoms with Crippen LogP contribution in [-0.4, -0.2) is 36.0 Å². The molecule has 0 saturated heterocycles. The van der Waals surface area contributed by atoms with Gasteiger partial charge in [0.25, 0.3) is 0 Å². The number of ketones is 1. The zero-order valence-corrected chi connectivity index (χ0v) is 13.5. The second-order valence-corrected chi connectivity index (χ2v) is 5.48. The summed E-state index contributed by atoms with van der Waals surface area (Å²) in [7, 11) is 0. The van der Waals surface area contributed by atoms with Gasteiger partial charge in [0, 0.05) is 12.8 Å². The predicted octanol–water partition coefficient (Wildman–Crippen LogP) is 1.72. The zero-order chi connectivity index (χ0) is 16.6. The summed E-state index contributed by atoms with van der Waals surface area (Å²) in [6.07, 6.45) is 8.75. The molecule has 0 aromatic heterocycles. The number of esters is 1. The van der Waals surface area contributed by atoms with Gasteiger partial charge >= 0.3 is 11.9 Å². The number of carboxylic acids is 1. The molecule has 6 heteroatoms. The number of aliphatic carboxylic acids is 1. The van der Waals surface area contributed by atoms with Crippen LogP contribution in [0.2, 0.25) is 0 Å². The van der Waals surface area contributed by atoms with Gasteiger partial charge in [-0.2, -0.15) is 0 Å². The van der Waals surface area contributed by atoms with Gasteiger partial charge in [-0.15, -0.1) is 0 Å². The van der Waals surface area contributed by atoms with Crippen molar-refractivity contribution in [2.45, 2.75) is 70.6 Å². The van der Waals surface area contributed by atoms with Crippen LogP contribution >= 0.6 is 0 Å². The Morgan fingerprint density at radius 3 is 1.86 bits per heavy atom. The van der Waals surface area contributed by atoms with Gasteiger partial charge in [-0.1, -0.05) is 38.5 Å². The molecule has 4 N–H and O–H groups in total. The highest BCUT2D eigenvalue weighted by Gasteiger charge is 2.07. The lowest BCUT2D eigenvalue weighted by molar-refractivity contribution is -0.354. The van der Waals surface area contributed by atoms with Crippen LogP contribution in [-0.2, 0) is 19.1 Å². The van der Waals surface area contributed by atoms with Crippen molar-refractivity contribution in [2.24, 2.45) is 0 Å². The highest BCUT2D eigenvalue weighted by atomic mass is 16.5. The monoisotopic (exact) mass is 316 g/mol. The van der Waals surface area contributed by atoms with Gasteiger partial charge in [-0.3, -0.25) is 14.4 Å².